The molecule has 1 aromatic heterocycles. The number of likely N-dealkylation sites (N-methyl/N-ethyl adjacent to an activating group) is 1. The summed E-state index contributed by atoms with van der Waals surface area (Å²) in [7, 11) is 2.16. The zero-order valence-electron chi connectivity index (χ0n) is 24.9. The molecule has 0 spiro atoms. The molecule has 4 heterocycles. The van der Waals surface area contributed by atoms with E-state index >= 15 is 0 Å². The fraction of sp³-hybridized carbons (Fsp3) is 0.645. The molecule has 2 saturated heterocycles. The minimum atomic E-state index is -0.507. The van der Waals surface area contributed by atoms with Crippen LogP contribution < -0.4 is 9.64 Å². The second-order valence-corrected chi connectivity index (χ2v) is 12.6. The minimum absolute atomic E-state index is 0.0951. The van der Waals surface area contributed by atoms with E-state index in [1.807, 2.05) is 25.7 Å². The van der Waals surface area contributed by atoms with Crippen LogP contribution in [0.1, 0.15) is 57.4 Å². The molecule has 0 aliphatic carbocycles. The molecule has 1 amide bonds. The second kappa shape index (κ2) is 12.3. The Morgan fingerprint density at radius 3 is 2.50 bits per heavy atom. The number of amides is 1. The summed E-state index contributed by atoms with van der Waals surface area (Å²) in [4.78, 5) is 31.9. The standard InChI is InChI=1S/C31H46N6O3/c1-23-20-36(30(38)40-31(2,3)4)18-19-37(23)28-26-13-16-35(21-24-10-7-6-8-11-24)17-14-27(26)32-29(33-28)39-22-25-12-9-15-34(25)5/h6-8,10-11,23,25H,9,12-22H2,1-5H3/t23-,25-/m0/s1. The lowest BCUT2D eigenvalue weighted by Crippen LogP contribution is -2.55. The predicted octanol–water partition coefficient (Wildman–Crippen LogP) is 4.00. The fourth-order valence-corrected chi connectivity index (χ4v) is 6.03. The number of anilines is 1. The van der Waals surface area contributed by atoms with Gasteiger partial charge in [-0.2, -0.15) is 9.97 Å². The molecule has 40 heavy (non-hydrogen) atoms. The van der Waals surface area contributed by atoms with Crippen molar-refractivity contribution < 1.29 is 14.3 Å². The van der Waals surface area contributed by atoms with Gasteiger partial charge in [0.25, 0.3) is 0 Å². The van der Waals surface area contributed by atoms with Gasteiger partial charge in [-0.15, -0.1) is 0 Å². The molecule has 5 rings (SSSR count). The third-order valence-corrected chi connectivity index (χ3v) is 8.27. The lowest BCUT2D eigenvalue weighted by molar-refractivity contribution is 0.0218. The SMILES string of the molecule is C[C@H]1CN(C(=O)OC(C)(C)C)CCN1c1nc(OC[C@@H]2CCCN2C)nc2c1CCN(Cc1ccccc1)CC2. The highest BCUT2D eigenvalue weighted by molar-refractivity contribution is 5.69. The van der Waals surface area contributed by atoms with E-state index in [4.69, 9.17) is 19.4 Å². The maximum atomic E-state index is 12.8. The largest absolute Gasteiger partial charge is 0.462 e. The average molecular weight is 551 g/mol. The molecule has 0 bridgehead atoms. The van der Waals surface area contributed by atoms with E-state index in [1.54, 1.807) is 0 Å². The molecule has 0 N–H and O–H groups in total. The Morgan fingerprint density at radius 1 is 1.02 bits per heavy atom. The molecule has 0 radical (unpaired) electrons. The number of aromatic nitrogens is 2. The van der Waals surface area contributed by atoms with Crippen LogP contribution in [-0.4, -0.2) is 101 Å². The first kappa shape index (κ1) is 28.6. The first-order valence-electron chi connectivity index (χ1n) is 14.9. The summed E-state index contributed by atoms with van der Waals surface area (Å²) in [5.41, 5.74) is 3.14. The smallest absolute Gasteiger partial charge is 0.410 e. The lowest BCUT2D eigenvalue weighted by atomic mass is 10.1. The van der Waals surface area contributed by atoms with Gasteiger partial charge in [-0.25, -0.2) is 4.79 Å². The van der Waals surface area contributed by atoms with Crippen molar-refractivity contribution in [2.45, 2.75) is 77.6 Å². The summed E-state index contributed by atoms with van der Waals surface area (Å²) in [5.74, 6) is 0.970. The number of hydrogen-bond acceptors (Lipinski definition) is 8. The number of nitrogens with zero attached hydrogens (tertiary/aromatic N) is 6. The van der Waals surface area contributed by atoms with Crippen LogP contribution in [0, 0.1) is 0 Å². The summed E-state index contributed by atoms with van der Waals surface area (Å²) in [6.07, 6.45) is 3.86. The van der Waals surface area contributed by atoms with Crippen LogP contribution in [0.4, 0.5) is 10.6 Å². The van der Waals surface area contributed by atoms with Gasteiger partial charge < -0.3 is 24.2 Å². The first-order valence-corrected chi connectivity index (χ1v) is 14.9. The Hall–Kier alpha value is -2.91. The number of benzene rings is 1. The number of piperazine rings is 1. The van der Waals surface area contributed by atoms with Gasteiger partial charge in [0.15, 0.2) is 0 Å². The van der Waals surface area contributed by atoms with Crippen LogP contribution in [-0.2, 0) is 24.1 Å². The molecule has 0 unspecified atom stereocenters. The van der Waals surface area contributed by atoms with Crippen molar-refractivity contribution in [2.24, 2.45) is 0 Å². The van der Waals surface area contributed by atoms with Crippen molar-refractivity contribution >= 4 is 11.9 Å². The van der Waals surface area contributed by atoms with E-state index in [2.05, 4.69) is 59.0 Å². The molecule has 2 fully saturated rings. The van der Waals surface area contributed by atoms with Crippen LogP contribution in [0.25, 0.3) is 0 Å². The van der Waals surface area contributed by atoms with Crippen molar-refractivity contribution in [3.8, 4) is 6.01 Å². The Kier molecular flexibility index (Phi) is 8.80. The molecular weight excluding hydrogens is 504 g/mol. The zero-order valence-corrected chi connectivity index (χ0v) is 24.9. The van der Waals surface area contributed by atoms with E-state index in [9.17, 15) is 4.79 Å². The van der Waals surface area contributed by atoms with Gasteiger partial charge in [0.05, 0.1) is 5.69 Å². The highest BCUT2D eigenvalue weighted by Gasteiger charge is 2.33. The normalized spacial score (nSPS) is 22.6. The number of fused-ring (bicyclic) bond motifs is 1. The van der Waals surface area contributed by atoms with E-state index in [0.717, 1.165) is 57.0 Å². The summed E-state index contributed by atoms with van der Waals surface area (Å²) in [5, 5.41) is 0. The number of carbonyl (C=O) groups is 1. The van der Waals surface area contributed by atoms with Crippen molar-refractivity contribution in [1.29, 1.82) is 0 Å². The number of likely N-dealkylation sites (tertiary alicyclic amines) is 1. The highest BCUT2D eigenvalue weighted by atomic mass is 16.6. The topological polar surface area (TPSA) is 74.3 Å². The van der Waals surface area contributed by atoms with E-state index in [1.165, 1.54) is 17.5 Å². The molecule has 1 aromatic carbocycles. The molecule has 9 heteroatoms. The Balaban J connectivity index is 1.36. The van der Waals surface area contributed by atoms with Crippen LogP contribution in [0.2, 0.25) is 0 Å². The molecule has 3 aliphatic heterocycles. The quantitative estimate of drug-likeness (QED) is 0.535. The molecule has 218 valence electrons. The minimum Gasteiger partial charge on any atom is -0.462 e. The van der Waals surface area contributed by atoms with Gasteiger partial charge in [-0.3, -0.25) is 4.90 Å². The van der Waals surface area contributed by atoms with E-state index in [0.29, 0.717) is 38.3 Å². The Bertz CT molecular complexity index is 1150. The van der Waals surface area contributed by atoms with Crippen LogP contribution in [0.5, 0.6) is 6.01 Å². The number of rotatable bonds is 6. The van der Waals surface area contributed by atoms with Crippen molar-refractivity contribution in [3.63, 3.8) is 0 Å². The number of carbonyl (C=O) groups excluding carboxylic acids is 1. The number of ether oxygens (including phenoxy) is 2. The lowest BCUT2D eigenvalue weighted by Gasteiger charge is -2.41. The van der Waals surface area contributed by atoms with Crippen molar-refractivity contribution in [3.05, 3.63) is 47.2 Å². The molecule has 9 nitrogen and oxygen atoms in total. The predicted molar refractivity (Wildman–Crippen MR) is 157 cm³/mol. The third kappa shape index (κ3) is 7.04. The first-order chi connectivity index (χ1) is 19.2. The fourth-order valence-electron chi connectivity index (χ4n) is 6.03. The Morgan fingerprint density at radius 2 is 1.80 bits per heavy atom. The van der Waals surface area contributed by atoms with E-state index < -0.39 is 5.60 Å². The third-order valence-electron chi connectivity index (χ3n) is 8.27. The van der Waals surface area contributed by atoms with Crippen LogP contribution >= 0.6 is 0 Å². The Labute approximate surface area is 239 Å². The monoisotopic (exact) mass is 550 g/mol. The van der Waals surface area contributed by atoms with Crippen molar-refractivity contribution in [1.82, 2.24) is 24.7 Å². The highest BCUT2D eigenvalue weighted by Crippen LogP contribution is 2.30. The molecule has 2 aromatic rings. The average Bonchev–Trinajstić information content (AvgIpc) is 3.22. The van der Waals surface area contributed by atoms with Gasteiger partial charge >= 0.3 is 12.1 Å². The van der Waals surface area contributed by atoms with Gasteiger partial charge in [0.2, 0.25) is 0 Å². The maximum absolute atomic E-state index is 12.8. The number of hydrogen-bond donors (Lipinski definition) is 0. The summed E-state index contributed by atoms with van der Waals surface area (Å²) in [6.45, 7) is 14.3. The molecule has 3 aliphatic rings. The summed E-state index contributed by atoms with van der Waals surface area (Å²) in [6, 6.07) is 11.7. The maximum Gasteiger partial charge on any atom is 0.410 e. The summed E-state index contributed by atoms with van der Waals surface area (Å²) >= 11 is 0. The van der Waals surface area contributed by atoms with E-state index in [-0.39, 0.29) is 12.1 Å². The summed E-state index contributed by atoms with van der Waals surface area (Å²) < 4.78 is 11.9. The van der Waals surface area contributed by atoms with Crippen LogP contribution in [0.3, 0.4) is 0 Å². The van der Waals surface area contributed by atoms with Crippen LogP contribution in [0.15, 0.2) is 30.3 Å². The molecule has 2 atom stereocenters. The van der Waals surface area contributed by atoms with Gasteiger partial charge in [-0.05, 0) is 66.1 Å². The van der Waals surface area contributed by atoms with Crippen molar-refractivity contribution in [2.75, 3.05) is 57.8 Å². The van der Waals surface area contributed by atoms with Gasteiger partial charge in [-0.1, -0.05) is 30.3 Å². The molecular formula is C31H46N6O3. The molecule has 0 saturated carbocycles. The van der Waals surface area contributed by atoms with Gasteiger partial charge in [0.1, 0.15) is 18.0 Å². The zero-order chi connectivity index (χ0) is 28.3. The van der Waals surface area contributed by atoms with Gasteiger partial charge in [0, 0.05) is 63.3 Å². The second-order valence-electron chi connectivity index (χ2n) is 12.6.